The first-order valence-corrected chi connectivity index (χ1v) is 7.42. The Morgan fingerprint density at radius 3 is 3.11 bits per heavy atom. The van der Waals surface area contributed by atoms with E-state index in [0.29, 0.717) is 18.1 Å². The summed E-state index contributed by atoms with van der Waals surface area (Å²) in [6.07, 6.45) is 1.78. The van der Waals surface area contributed by atoms with Gasteiger partial charge in [0, 0.05) is 17.2 Å². The molecule has 2 aromatic rings. The Balaban J connectivity index is 1.68. The van der Waals surface area contributed by atoms with E-state index in [0.717, 1.165) is 21.5 Å². The van der Waals surface area contributed by atoms with E-state index in [-0.39, 0.29) is 5.91 Å². The highest BCUT2D eigenvalue weighted by molar-refractivity contribution is 7.99. The number of nitrogens with two attached hydrogens (primary N) is 1. The number of aryl methyl sites for hydroxylation is 1. The Morgan fingerprint density at radius 1 is 1.63 bits per heavy atom. The van der Waals surface area contributed by atoms with Gasteiger partial charge in [0.1, 0.15) is 6.33 Å². The van der Waals surface area contributed by atoms with Gasteiger partial charge in [-0.05, 0) is 6.92 Å². The zero-order valence-corrected chi connectivity index (χ0v) is 12.0. The lowest BCUT2D eigenvalue weighted by molar-refractivity contribution is -0.120. The molecule has 0 unspecified atom stereocenters. The summed E-state index contributed by atoms with van der Waals surface area (Å²) < 4.78 is 0. The predicted molar refractivity (Wildman–Crippen MR) is 75.1 cm³/mol. The first-order chi connectivity index (χ1) is 9.15. The molecule has 0 aliphatic heterocycles. The van der Waals surface area contributed by atoms with Gasteiger partial charge in [0.15, 0.2) is 10.3 Å². The van der Waals surface area contributed by atoms with Crippen LogP contribution < -0.4 is 11.1 Å². The highest BCUT2D eigenvalue weighted by Crippen LogP contribution is 2.19. The first kappa shape index (κ1) is 13.8. The van der Waals surface area contributed by atoms with Gasteiger partial charge in [-0.2, -0.15) is 5.10 Å². The van der Waals surface area contributed by atoms with E-state index in [1.54, 1.807) is 0 Å². The number of nitrogens with zero attached hydrogens (tertiary/aromatic N) is 3. The fourth-order valence-electron chi connectivity index (χ4n) is 1.42. The van der Waals surface area contributed by atoms with E-state index >= 15 is 0 Å². The summed E-state index contributed by atoms with van der Waals surface area (Å²) in [5, 5.41) is 10.6. The Labute approximate surface area is 118 Å². The second-order valence-corrected chi connectivity index (χ2v) is 5.93. The summed E-state index contributed by atoms with van der Waals surface area (Å²) in [7, 11) is 0. The molecule has 0 fully saturated rings. The molecule has 9 heteroatoms. The summed E-state index contributed by atoms with van der Waals surface area (Å²) in [5.41, 5.74) is 6.41. The van der Waals surface area contributed by atoms with Crippen molar-refractivity contribution in [3.8, 4) is 0 Å². The van der Waals surface area contributed by atoms with Crippen LogP contribution in [0.25, 0.3) is 0 Å². The SMILES string of the molecule is Cc1nc(N)sc1CC(=O)NCCSc1ncn[nH]1. The third-order valence-corrected chi connectivity index (χ3v) is 4.15. The van der Waals surface area contributed by atoms with Crippen LogP contribution >= 0.6 is 23.1 Å². The predicted octanol–water partition coefficient (Wildman–Crippen LogP) is 0.603. The number of aromatic amines is 1. The van der Waals surface area contributed by atoms with Crippen LogP contribution in [0.3, 0.4) is 0 Å². The molecule has 0 saturated carbocycles. The summed E-state index contributed by atoms with van der Waals surface area (Å²) in [4.78, 5) is 20.7. The maximum Gasteiger partial charge on any atom is 0.225 e. The van der Waals surface area contributed by atoms with Crippen molar-refractivity contribution in [3.63, 3.8) is 0 Å². The van der Waals surface area contributed by atoms with Gasteiger partial charge in [0.25, 0.3) is 0 Å². The normalized spacial score (nSPS) is 10.6. The van der Waals surface area contributed by atoms with Crippen LogP contribution in [-0.4, -0.2) is 38.4 Å². The van der Waals surface area contributed by atoms with Gasteiger partial charge < -0.3 is 11.1 Å². The third kappa shape index (κ3) is 4.21. The molecule has 2 aromatic heterocycles. The second-order valence-electron chi connectivity index (χ2n) is 3.73. The van der Waals surface area contributed by atoms with Crippen LogP contribution in [0.5, 0.6) is 0 Å². The topological polar surface area (TPSA) is 110 Å². The van der Waals surface area contributed by atoms with E-state index in [1.165, 1.54) is 29.4 Å². The minimum atomic E-state index is -0.0232. The van der Waals surface area contributed by atoms with E-state index in [9.17, 15) is 4.79 Å². The van der Waals surface area contributed by atoms with Gasteiger partial charge in [-0.25, -0.2) is 9.97 Å². The lowest BCUT2D eigenvalue weighted by Gasteiger charge is -2.03. The maximum atomic E-state index is 11.7. The highest BCUT2D eigenvalue weighted by atomic mass is 32.2. The number of amides is 1. The molecule has 0 atom stereocenters. The fraction of sp³-hybridized carbons (Fsp3) is 0.400. The first-order valence-electron chi connectivity index (χ1n) is 5.62. The van der Waals surface area contributed by atoms with Crippen LogP contribution in [-0.2, 0) is 11.2 Å². The number of hydrogen-bond donors (Lipinski definition) is 3. The largest absolute Gasteiger partial charge is 0.375 e. The number of nitrogen functional groups attached to an aromatic ring is 1. The molecule has 0 aromatic carbocycles. The van der Waals surface area contributed by atoms with Crippen molar-refractivity contribution in [2.45, 2.75) is 18.5 Å². The number of nitrogens with one attached hydrogen (secondary N) is 2. The Hall–Kier alpha value is -1.61. The molecule has 0 bridgehead atoms. The second kappa shape index (κ2) is 6.53. The standard InChI is InChI=1S/C10H14N6OS2/c1-6-7(19-9(11)15-6)4-8(17)12-2-3-18-10-13-5-14-16-10/h5H,2-4H2,1H3,(H2,11,15)(H,12,17)(H,13,14,16). The fourth-order valence-corrected chi connectivity index (χ4v) is 2.89. The molecule has 2 heterocycles. The lowest BCUT2D eigenvalue weighted by Crippen LogP contribution is -2.27. The van der Waals surface area contributed by atoms with Crippen LogP contribution in [0.4, 0.5) is 5.13 Å². The number of thiazole rings is 1. The van der Waals surface area contributed by atoms with Crippen molar-refractivity contribution >= 4 is 34.1 Å². The number of thioether (sulfide) groups is 1. The number of aromatic nitrogens is 4. The van der Waals surface area contributed by atoms with Gasteiger partial charge in [-0.3, -0.25) is 9.89 Å². The molecular weight excluding hydrogens is 284 g/mol. The van der Waals surface area contributed by atoms with Crippen LogP contribution in [0.2, 0.25) is 0 Å². The molecule has 0 aliphatic carbocycles. The Bertz CT molecular complexity index is 538. The monoisotopic (exact) mass is 298 g/mol. The molecule has 2 rings (SSSR count). The van der Waals surface area contributed by atoms with E-state index in [1.807, 2.05) is 6.92 Å². The summed E-state index contributed by atoms with van der Waals surface area (Å²) in [5.74, 6) is 0.718. The number of hydrogen-bond acceptors (Lipinski definition) is 7. The number of anilines is 1. The zero-order chi connectivity index (χ0) is 13.7. The maximum absolute atomic E-state index is 11.7. The average molecular weight is 298 g/mol. The summed E-state index contributed by atoms with van der Waals surface area (Å²) in [6.45, 7) is 2.44. The summed E-state index contributed by atoms with van der Waals surface area (Å²) >= 11 is 2.87. The van der Waals surface area contributed by atoms with Gasteiger partial charge >= 0.3 is 0 Å². The number of carbonyl (C=O) groups excluding carboxylic acids is 1. The number of H-pyrrole nitrogens is 1. The third-order valence-electron chi connectivity index (χ3n) is 2.29. The van der Waals surface area contributed by atoms with E-state index < -0.39 is 0 Å². The van der Waals surface area contributed by atoms with Crippen molar-refractivity contribution in [1.29, 1.82) is 0 Å². The lowest BCUT2D eigenvalue weighted by atomic mass is 10.3. The molecule has 0 radical (unpaired) electrons. The minimum absolute atomic E-state index is 0.0232. The van der Waals surface area contributed by atoms with Crippen molar-refractivity contribution < 1.29 is 4.79 Å². The molecule has 4 N–H and O–H groups in total. The molecule has 0 saturated heterocycles. The van der Waals surface area contributed by atoms with Crippen LogP contribution in [0.15, 0.2) is 11.5 Å². The molecule has 102 valence electrons. The molecule has 1 amide bonds. The molecular formula is C10H14N6OS2. The van der Waals surface area contributed by atoms with Crippen molar-refractivity contribution in [2.75, 3.05) is 18.0 Å². The highest BCUT2D eigenvalue weighted by Gasteiger charge is 2.10. The van der Waals surface area contributed by atoms with E-state index in [2.05, 4.69) is 25.5 Å². The van der Waals surface area contributed by atoms with Gasteiger partial charge in [0.05, 0.1) is 12.1 Å². The van der Waals surface area contributed by atoms with Crippen molar-refractivity contribution in [1.82, 2.24) is 25.5 Å². The number of rotatable bonds is 6. The van der Waals surface area contributed by atoms with Crippen LogP contribution in [0.1, 0.15) is 10.6 Å². The molecule has 19 heavy (non-hydrogen) atoms. The van der Waals surface area contributed by atoms with Crippen molar-refractivity contribution in [2.24, 2.45) is 0 Å². The quantitative estimate of drug-likeness (QED) is 0.532. The summed E-state index contributed by atoms with van der Waals surface area (Å²) in [6, 6.07) is 0. The van der Waals surface area contributed by atoms with E-state index in [4.69, 9.17) is 5.73 Å². The van der Waals surface area contributed by atoms with Gasteiger partial charge in [-0.1, -0.05) is 11.8 Å². The minimum Gasteiger partial charge on any atom is -0.375 e. The molecule has 7 nitrogen and oxygen atoms in total. The van der Waals surface area contributed by atoms with Gasteiger partial charge in [-0.15, -0.1) is 11.3 Å². The Kier molecular flexibility index (Phi) is 4.74. The Morgan fingerprint density at radius 2 is 2.47 bits per heavy atom. The average Bonchev–Trinajstić information content (AvgIpc) is 2.96. The van der Waals surface area contributed by atoms with Crippen LogP contribution in [0, 0.1) is 6.92 Å². The number of carbonyl (C=O) groups is 1. The molecule has 0 aliphatic rings. The van der Waals surface area contributed by atoms with Crippen molar-refractivity contribution in [3.05, 3.63) is 16.9 Å². The molecule has 0 spiro atoms. The smallest absolute Gasteiger partial charge is 0.225 e. The zero-order valence-electron chi connectivity index (χ0n) is 10.3. The van der Waals surface area contributed by atoms with Gasteiger partial charge in [0.2, 0.25) is 5.91 Å².